The molecule has 0 bridgehead atoms. The van der Waals surface area contributed by atoms with Gasteiger partial charge in [0.05, 0.1) is 11.2 Å². The summed E-state index contributed by atoms with van der Waals surface area (Å²) in [5, 5.41) is -0.0549. The number of hydrogen-bond acceptors (Lipinski definition) is 7. The van der Waals surface area contributed by atoms with E-state index in [1.165, 1.54) is 25.3 Å². The molecule has 1 aliphatic rings. The lowest BCUT2D eigenvalue weighted by Gasteiger charge is -2.42. The van der Waals surface area contributed by atoms with Crippen molar-refractivity contribution in [3.8, 4) is 0 Å². The van der Waals surface area contributed by atoms with Crippen LogP contribution in [0.1, 0.15) is 33.3 Å². The average molecular weight is 457 g/mol. The van der Waals surface area contributed by atoms with Gasteiger partial charge >= 0.3 is 5.97 Å². The molecule has 9 heteroatoms. The predicted molar refractivity (Wildman–Crippen MR) is 116 cm³/mol. The number of benzene rings is 1. The second-order valence-corrected chi connectivity index (χ2v) is 15.3. The Bertz CT molecular complexity index is 870. The molecular formula is C21H32O7SSi. The molecule has 1 aromatic carbocycles. The predicted octanol–water partition coefficient (Wildman–Crippen LogP) is 3.93. The molecule has 30 heavy (non-hydrogen) atoms. The molecule has 1 aromatic rings. The van der Waals surface area contributed by atoms with Gasteiger partial charge in [0.2, 0.25) is 0 Å². The summed E-state index contributed by atoms with van der Waals surface area (Å²) in [6, 6.07) is 6.36. The maximum Gasteiger partial charge on any atom is 0.303 e. The highest BCUT2D eigenvalue weighted by Crippen LogP contribution is 2.38. The van der Waals surface area contributed by atoms with Crippen LogP contribution in [-0.4, -0.2) is 47.6 Å². The lowest BCUT2D eigenvalue weighted by Crippen LogP contribution is -2.53. The first kappa shape index (κ1) is 24.6. The first-order chi connectivity index (χ1) is 13.7. The molecule has 0 aromatic heterocycles. The smallest absolute Gasteiger partial charge is 0.303 e. The zero-order chi connectivity index (χ0) is 22.7. The van der Waals surface area contributed by atoms with Gasteiger partial charge in [0, 0.05) is 6.92 Å². The van der Waals surface area contributed by atoms with Crippen LogP contribution in [0, 0.1) is 6.92 Å². The van der Waals surface area contributed by atoms with Gasteiger partial charge in [0.15, 0.2) is 20.5 Å². The third-order valence-electron chi connectivity index (χ3n) is 5.45. The van der Waals surface area contributed by atoms with Crippen molar-refractivity contribution >= 4 is 24.4 Å². The van der Waals surface area contributed by atoms with Crippen LogP contribution >= 0.6 is 0 Å². The third-order valence-corrected chi connectivity index (χ3v) is 11.2. The Morgan fingerprint density at radius 1 is 1.17 bits per heavy atom. The standard InChI is InChI=1S/C21H32O7SSi/c1-15-8-10-17(11-9-15)29(23,24)26-14-19-20(27-16(2)22)18(12-13-25-19)28-30(6,7)21(3,4)5/h8-13,18-20H,14H2,1-7H3/t18-,19-,20+/m1/s1. The molecule has 0 unspecified atom stereocenters. The number of aryl methyl sites for hydroxylation is 1. The highest BCUT2D eigenvalue weighted by molar-refractivity contribution is 7.86. The summed E-state index contributed by atoms with van der Waals surface area (Å²) in [5.41, 5.74) is 0.940. The molecule has 0 N–H and O–H groups in total. The average Bonchev–Trinajstić information content (AvgIpc) is 2.61. The molecule has 3 atom stereocenters. The van der Waals surface area contributed by atoms with Crippen LogP contribution in [-0.2, 0) is 33.0 Å². The maximum atomic E-state index is 12.5. The van der Waals surface area contributed by atoms with Crippen LogP contribution < -0.4 is 0 Å². The summed E-state index contributed by atoms with van der Waals surface area (Å²) in [6.45, 7) is 13.4. The van der Waals surface area contributed by atoms with Gasteiger partial charge in [-0.15, -0.1) is 0 Å². The number of esters is 1. The van der Waals surface area contributed by atoms with E-state index in [0.29, 0.717) is 0 Å². The lowest BCUT2D eigenvalue weighted by atomic mass is 10.1. The quantitative estimate of drug-likeness (QED) is 0.349. The zero-order valence-electron chi connectivity index (χ0n) is 18.7. The molecule has 0 amide bonds. The summed E-state index contributed by atoms with van der Waals surface area (Å²) in [6.07, 6.45) is 0.937. The van der Waals surface area contributed by atoms with Crippen LogP contribution in [0.5, 0.6) is 0 Å². The Morgan fingerprint density at radius 2 is 1.77 bits per heavy atom. The van der Waals surface area contributed by atoms with Gasteiger partial charge in [0.1, 0.15) is 12.7 Å². The fourth-order valence-electron chi connectivity index (χ4n) is 2.64. The summed E-state index contributed by atoms with van der Waals surface area (Å²) in [5.74, 6) is -0.505. The summed E-state index contributed by atoms with van der Waals surface area (Å²) in [7, 11) is -6.17. The van der Waals surface area contributed by atoms with Gasteiger partial charge in [0.25, 0.3) is 10.1 Å². The number of hydrogen-bond donors (Lipinski definition) is 0. The number of rotatable bonds is 7. The van der Waals surface area contributed by atoms with Crippen LogP contribution in [0.15, 0.2) is 41.5 Å². The Kier molecular flexibility index (Phi) is 7.55. The first-order valence-electron chi connectivity index (χ1n) is 9.86. The van der Waals surface area contributed by atoms with Crippen LogP contribution in [0.25, 0.3) is 0 Å². The minimum atomic E-state index is -3.98. The van der Waals surface area contributed by atoms with Crippen LogP contribution in [0.3, 0.4) is 0 Å². The van der Waals surface area contributed by atoms with Gasteiger partial charge in [-0.3, -0.25) is 8.98 Å². The van der Waals surface area contributed by atoms with Gasteiger partial charge in [-0.2, -0.15) is 8.42 Å². The highest BCUT2D eigenvalue weighted by Gasteiger charge is 2.44. The normalized spacial score (nSPS) is 22.4. The van der Waals surface area contributed by atoms with Crippen LogP contribution in [0.4, 0.5) is 0 Å². The number of ether oxygens (including phenoxy) is 2. The Balaban J connectivity index is 2.19. The van der Waals surface area contributed by atoms with E-state index in [1.807, 2.05) is 6.92 Å². The molecule has 0 radical (unpaired) electrons. The van der Waals surface area contributed by atoms with Crippen molar-refractivity contribution in [3.05, 3.63) is 42.2 Å². The molecule has 0 saturated carbocycles. The van der Waals surface area contributed by atoms with Gasteiger partial charge in [-0.05, 0) is 43.3 Å². The van der Waals surface area contributed by atoms with Crippen molar-refractivity contribution < 1.29 is 31.3 Å². The van der Waals surface area contributed by atoms with E-state index in [2.05, 4.69) is 33.9 Å². The molecule has 1 aliphatic heterocycles. The number of carbonyl (C=O) groups is 1. The topological polar surface area (TPSA) is 88.1 Å². The van der Waals surface area contributed by atoms with Gasteiger partial charge < -0.3 is 13.9 Å². The van der Waals surface area contributed by atoms with E-state index in [1.54, 1.807) is 18.2 Å². The van der Waals surface area contributed by atoms with E-state index in [9.17, 15) is 13.2 Å². The van der Waals surface area contributed by atoms with E-state index in [0.717, 1.165) is 5.56 Å². The summed E-state index contributed by atoms with van der Waals surface area (Å²) >= 11 is 0. The van der Waals surface area contributed by atoms with Crippen molar-refractivity contribution in [2.75, 3.05) is 6.61 Å². The minimum absolute atomic E-state index is 0.0533. The van der Waals surface area contributed by atoms with Crippen molar-refractivity contribution in [3.63, 3.8) is 0 Å². The Morgan fingerprint density at radius 3 is 2.30 bits per heavy atom. The van der Waals surface area contributed by atoms with Gasteiger partial charge in [-0.1, -0.05) is 38.5 Å². The maximum absolute atomic E-state index is 12.5. The second kappa shape index (κ2) is 9.21. The molecule has 0 spiro atoms. The molecular weight excluding hydrogens is 424 g/mol. The van der Waals surface area contributed by atoms with E-state index >= 15 is 0 Å². The van der Waals surface area contributed by atoms with Crippen molar-refractivity contribution in [2.24, 2.45) is 0 Å². The fraction of sp³-hybridized carbons (Fsp3) is 0.571. The first-order valence-corrected chi connectivity index (χ1v) is 14.2. The van der Waals surface area contributed by atoms with Crippen molar-refractivity contribution in [2.45, 2.75) is 76.0 Å². The molecule has 1 heterocycles. The molecule has 2 rings (SSSR count). The van der Waals surface area contributed by atoms with Gasteiger partial charge in [-0.25, -0.2) is 0 Å². The largest absolute Gasteiger partial charge is 0.492 e. The molecule has 7 nitrogen and oxygen atoms in total. The minimum Gasteiger partial charge on any atom is -0.492 e. The monoisotopic (exact) mass is 456 g/mol. The van der Waals surface area contributed by atoms with E-state index in [4.69, 9.17) is 18.1 Å². The van der Waals surface area contributed by atoms with Crippen molar-refractivity contribution in [1.82, 2.24) is 0 Å². The Hall–Kier alpha value is -1.68. The SMILES string of the molecule is CC(=O)O[C@H]1[C@H](O[Si](C)(C)C(C)(C)C)C=CO[C@@H]1COS(=O)(=O)c1ccc(C)cc1. The molecule has 0 aliphatic carbocycles. The molecule has 0 saturated heterocycles. The lowest BCUT2D eigenvalue weighted by molar-refractivity contribution is -0.162. The highest BCUT2D eigenvalue weighted by atomic mass is 32.2. The summed E-state index contributed by atoms with van der Waals surface area (Å²) in [4.78, 5) is 11.8. The summed E-state index contributed by atoms with van der Waals surface area (Å²) < 4.78 is 47.7. The van der Waals surface area contributed by atoms with E-state index in [-0.39, 0.29) is 16.5 Å². The van der Waals surface area contributed by atoms with Crippen LogP contribution in [0.2, 0.25) is 18.1 Å². The second-order valence-electron chi connectivity index (χ2n) is 8.97. The molecule has 0 fully saturated rings. The van der Waals surface area contributed by atoms with Crippen molar-refractivity contribution in [1.29, 1.82) is 0 Å². The fourth-order valence-corrected chi connectivity index (χ4v) is 4.81. The molecule has 168 valence electrons. The third kappa shape index (κ3) is 6.16. The zero-order valence-corrected chi connectivity index (χ0v) is 20.5. The van der Waals surface area contributed by atoms with E-state index < -0.39 is 42.7 Å². The Labute approximate surface area is 180 Å². The number of carbonyl (C=O) groups excluding carboxylic acids is 1.